The highest BCUT2D eigenvalue weighted by molar-refractivity contribution is 5.95. The number of hydrogen-bond acceptors (Lipinski definition) is 5. The second-order valence-electron chi connectivity index (χ2n) is 11.0. The molecule has 38 heavy (non-hydrogen) atoms. The summed E-state index contributed by atoms with van der Waals surface area (Å²) in [6.07, 6.45) is -8.31. The van der Waals surface area contributed by atoms with Gasteiger partial charge in [-0.25, -0.2) is 9.97 Å². The van der Waals surface area contributed by atoms with Gasteiger partial charge in [-0.15, -0.1) is 0 Å². The molecular formula is C26H31F6N5O. The first-order valence-electron chi connectivity index (χ1n) is 12.5. The number of benzene rings is 1. The molecule has 1 saturated heterocycles. The van der Waals surface area contributed by atoms with Crippen LogP contribution in [0.15, 0.2) is 30.3 Å². The van der Waals surface area contributed by atoms with Gasteiger partial charge in [0.1, 0.15) is 17.3 Å². The van der Waals surface area contributed by atoms with Crippen molar-refractivity contribution in [1.29, 1.82) is 0 Å². The summed E-state index contributed by atoms with van der Waals surface area (Å²) in [5.41, 5.74) is -2.93. The van der Waals surface area contributed by atoms with Gasteiger partial charge in [0.05, 0.1) is 11.1 Å². The minimum absolute atomic E-state index is 0.144. The molecule has 1 aliphatic heterocycles. The molecule has 1 N–H and O–H groups in total. The summed E-state index contributed by atoms with van der Waals surface area (Å²) in [5, 5.41) is 2.63. The Kier molecular flexibility index (Phi) is 7.66. The second kappa shape index (κ2) is 10.3. The van der Waals surface area contributed by atoms with Crippen molar-refractivity contribution >= 4 is 11.7 Å². The van der Waals surface area contributed by atoms with Crippen LogP contribution in [0.1, 0.15) is 54.6 Å². The lowest BCUT2D eigenvalue weighted by molar-refractivity contribution is -0.141. The van der Waals surface area contributed by atoms with E-state index in [9.17, 15) is 31.1 Å². The highest BCUT2D eigenvalue weighted by Gasteiger charge is 2.40. The van der Waals surface area contributed by atoms with E-state index in [1.807, 2.05) is 4.90 Å². The zero-order chi connectivity index (χ0) is 27.9. The number of carbonyl (C=O) groups is 1. The van der Waals surface area contributed by atoms with Crippen LogP contribution in [0, 0.1) is 11.8 Å². The van der Waals surface area contributed by atoms with Gasteiger partial charge >= 0.3 is 12.4 Å². The summed E-state index contributed by atoms with van der Waals surface area (Å²) in [6.45, 7) is 8.69. The van der Waals surface area contributed by atoms with Crippen molar-refractivity contribution in [2.24, 2.45) is 11.8 Å². The van der Waals surface area contributed by atoms with Crippen LogP contribution in [-0.4, -0.2) is 60.0 Å². The molecule has 6 nitrogen and oxygen atoms in total. The molecule has 1 saturated carbocycles. The smallest absolute Gasteiger partial charge is 0.354 e. The molecule has 2 aromatic rings. The average Bonchev–Trinajstić information content (AvgIpc) is 3.58. The Balaban J connectivity index is 1.28. The van der Waals surface area contributed by atoms with E-state index in [0.717, 1.165) is 25.1 Å². The number of halogens is 6. The van der Waals surface area contributed by atoms with Crippen molar-refractivity contribution in [2.45, 2.75) is 45.0 Å². The van der Waals surface area contributed by atoms with Crippen LogP contribution in [0.4, 0.5) is 32.2 Å². The number of nitrogens with zero attached hydrogens (tertiary/aromatic N) is 4. The predicted octanol–water partition coefficient (Wildman–Crippen LogP) is 5.00. The standard InChI is InChI=1S/C26H31F6N5O/c1-24(2,3)23-34-20(26(30,31)32)13-21(35-23)37-10-8-36(9-11-37)15-17-12-16(17)14-33-22(38)18-6-4-5-7-19(18)25(27,28)29/h4-7,13,16-17H,8-12,14-15H2,1-3H3,(H,33,38). The molecule has 4 rings (SSSR count). The number of aromatic nitrogens is 2. The Labute approximate surface area is 217 Å². The first kappa shape index (κ1) is 28.1. The molecular weight excluding hydrogens is 512 g/mol. The number of hydrogen-bond donors (Lipinski definition) is 1. The Morgan fingerprint density at radius 2 is 1.61 bits per heavy atom. The lowest BCUT2D eigenvalue weighted by Gasteiger charge is -2.36. The van der Waals surface area contributed by atoms with Gasteiger partial charge in [0.15, 0.2) is 0 Å². The van der Waals surface area contributed by atoms with E-state index < -0.39 is 34.9 Å². The third kappa shape index (κ3) is 6.75. The van der Waals surface area contributed by atoms with Crippen molar-refractivity contribution in [3.8, 4) is 0 Å². The van der Waals surface area contributed by atoms with E-state index in [2.05, 4.69) is 20.2 Å². The van der Waals surface area contributed by atoms with Gasteiger partial charge in [-0.3, -0.25) is 9.69 Å². The molecule has 2 unspecified atom stereocenters. The molecule has 1 aromatic carbocycles. The van der Waals surface area contributed by atoms with E-state index in [1.54, 1.807) is 20.8 Å². The normalized spacial score (nSPS) is 20.9. The molecule has 0 spiro atoms. The molecule has 2 aliphatic rings. The Morgan fingerprint density at radius 3 is 2.21 bits per heavy atom. The van der Waals surface area contributed by atoms with Crippen molar-refractivity contribution in [3.05, 3.63) is 53.0 Å². The van der Waals surface area contributed by atoms with Gasteiger partial charge in [0.2, 0.25) is 0 Å². The minimum atomic E-state index is -4.60. The number of alkyl halides is 6. The summed E-state index contributed by atoms with van der Waals surface area (Å²) >= 11 is 0. The monoisotopic (exact) mass is 543 g/mol. The maximum atomic E-state index is 13.4. The van der Waals surface area contributed by atoms with Crippen LogP contribution in [0.3, 0.4) is 0 Å². The maximum Gasteiger partial charge on any atom is 0.433 e. The summed E-state index contributed by atoms with van der Waals surface area (Å²) < 4.78 is 79.8. The highest BCUT2D eigenvalue weighted by Crippen LogP contribution is 2.39. The van der Waals surface area contributed by atoms with Crippen molar-refractivity contribution in [3.63, 3.8) is 0 Å². The molecule has 1 aliphatic carbocycles. The Bertz CT molecular complexity index is 1120. The fourth-order valence-corrected chi connectivity index (χ4v) is 4.60. The first-order chi connectivity index (χ1) is 17.6. The van der Waals surface area contributed by atoms with Gasteiger partial charge in [0.25, 0.3) is 5.91 Å². The van der Waals surface area contributed by atoms with Gasteiger partial charge in [-0.2, -0.15) is 26.3 Å². The van der Waals surface area contributed by atoms with Crippen LogP contribution in [0.5, 0.6) is 0 Å². The van der Waals surface area contributed by atoms with E-state index >= 15 is 0 Å². The molecule has 1 aromatic heterocycles. The largest absolute Gasteiger partial charge is 0.433 e. The van der Waals surface area contributed by atoms with E-state index in [1.165, 1.54) is 18.2 Å². The first-order valence-corrected chi connectivity index (χ1v) is 12.5. The fourth-order valence-electron chi connectivity index (χ4n) is 4.60. The van der Waals surface area contributed by atoms with Crippen LogP contribution >= 0.6 is 0 Å². The zero-order valence-electron chi connectivity index (χ0n) is 21.5. The zero-order valence-corrected chi connectivity index (χ0v) is 21.5. The second-order valence-corrected chi connectivity index (χ2v) is 11.0. The van der Waals surface area contributed by atoms with Gasteiger partial charge in [-0.1, -0.05) is 32.9 Å². The van der Waals surface area contributed by atoms with Crippen molar-refractivity contribution in [2.75, 3.05) is 44.2 Å². The summed E-state index contributed by atoms with van der Waals surface area (Å²) in [4.78, 5) is 24.6. The summed E-state index contributed by atoms with van der Waals surface area (Å²) in [6, 6.07) is 5.71. The molecule has 208 valence electrons. The van der Waals surface area contributed by atoms with Crippen molar-refractivity contribution < 1.29 is 31.1 Å². The number of anilines is 1. The predicted molar refractivity (Wildman–Crippen MR) is 130 cm³/mol. The summed E-state index contributed by atoms with van der Waals surface area (Å²) in [7, 11) is 0. The SMILES string of the molecule is CC(C)(C)c1nc(N2CCN(CC3CC3CNC(=O)c3ccccc3C(F)(F)F)CC2)cc(C(F)(F)F)n1. The topological polar surface area (TPSA) is 61.4 Å². The van der Waals surface area contributed by atoms with E-state index in [0.29, 0.717) is 38.6 Å². The van der Waals surface area contributed by atoms with Crippen LogP contribution < -0.4 is 10.2 Å². The summed E-state index contributed by atoms with van der Waals surface area (Å²) in [5.74, 6) is 0.159. The lowest BCUT2D eigenvalue weighted by atomic mass is 9.95. The number of piperazine rings is 1. The van der Waals surface area contributed by atoms with Gasteiger partial charge in [0, 0.05) is 50.7 Å². The Morgan fingerprint density at radius 1 is 0.947 bits per heavy atom. The molecule has 2 heterocycles. The third-order valence-corrected chi connectivity index (χ3v) is 6.93. The van der Waals surface area contributed by atoms with Gasteiger partial charge in [-0.05, 0) is 30.4 Å². The molecule has 0 radical (unpaired) electrons. The molecule has 2 fully saturated rings. The molecule has 1 amide bonds. The van der Waals surface area contributed by atoms with Crippen LogP contribution in [0.25, 0.3) is 0 Å². The number of amides is 1. The lowest BCUT2D eigenvalue weighted by Crippen LogP contribution is -2.47. The Hall–Kier alpha value is -2.89. The van der Waals surface area contributed by atoms with E-state index in [-0.39, 0.29) is 23.1 Å². The van der Waals surface area contributed by atoms with Gasteiger partial charge < -0.3 is 10.2 Å². The highest BCUT2D eigenvalue weighted by atomic mass is 19.4. The number of carbonyl (C=O) groups excluding carboxylic acids is 1. The maximum absolute atomic E-state index is 13.4. The fraction of sp³-hybridized carbons (Fsp3) is 0.577. The average molecular weight is 544 g/mol. The third-order valence-electron chi connectivity index (χ3n) is 6.93. The minimum Gasteiger partial charge on any atom is -0.354 e. The van der Waals surface area contributed by atoms with Crippen molar-refractivity contribution in [1.82, 2.24) is 20.2 Å². The molecule has 2 atom stereocenters. The molecule has 0 bridgehead atoms. The van der Waals surface area contributed by atoms with Crippen LogP contribution in [0.2, 0.25) is 0 Å². The number of rotatable bonds is 6. The quantitative estimate of drug-likeness (QED) is 0.520. The van der Waals surface area contributed by atoms with Crippen LogP contribution in [-0.2, 0) is 17.8 Å². The molecule has 12 heteroatoms. The number of nitrogens with one attached hydrogen (secondary N) is 1. The van der Waals surface area contributed by atoms with E-state index in [4.69, 9.17) is 0 Å².